The molecule has 1 rings (SSSR count). The van der Waals surface area contributed by atoms with Crippen LogP contribution < -0.4 is 5.32 Å². The first-order chi connectivity index (χ1) is 7.59. The van der Waals surface area contributed by atoms with E-state index in [1.54, 1.807) is 6.07 Å². The Kier molecular flexibility index (Phi) is 4.46. The zero-order chi connectivity index (χ0) is 12.0. The third-order valence-electron chi connectivity index (χ3n) is 1.93. The maximum Gasteiger partial charge on any atom is 0.332 e. The van der Waals surface area contributed by atoms with E-state index >= 15 is 0 Å². The second-order valence-corrected chi connectivity index (χ2v) is 3.25. The van der Waals surface area contributed by atoms with E-state index < -0.39 is 12.1 Å². The normalized spacial score (nSPS) is 12.1. The third kappa shape index (κ3) is 4.09. The number of amides is 1. The molecule has 16 heavy (non-hydrogen) atoms. The molecule has 0 aliphatic heterocycles. The van der Waals surface area contributed by atoms with Crippen LogP contribution in [0.25, 0.3) is 0 Å². The molecule has 88 valence electrons. The number of carboxylic acid groups (broad SMARTS) is 1. The smallest absolute Gasteiger partial charge is 0.332 e. The molecule has 0 spiro atoms. The number of aromatic nitrogens is 2. The summed E-state index contributed by atoms with van der Waals surface area (Å²) in [4.78, 5) is 21.5. The number of H-pyrrole nitrogens is 1. The van der Waals surface area contributed by atoms with Crippen molar-refractivity contribution in [1.29, 1.82) is 0 Å². The molecule has 1 atom stereocenters. The molecule has 0 aliphatic rings. The Balaban J connectivity index is 2.18. The highest BCUT2D eigenvalue weighted by Crippen LogP contribution is 1.94. The van der Waals surface area contributed by atoms with Gasteiger partial charge in [0.15, 0.2) is 6.10 Å². The number of hydrogen-bond acceptors (Lipinski definition) is 4. The molecule has 0 saturated heterocycles. The van der Waals surface area contributed by atoms with Gasteiger partial charge in [-0.05, 0) is 6.07 Å². The van der Waals surface area contributed by atoms with Crippen LogP contribution in [0, 0.1) is 0 Å². The predicted molar refractivity (Wildman–Crippen MR) is 53.6 cm³/mol. The summed E-state index contributed by atoms with van der Waals surface area (Å²) in [5.74, 6) is -1.54. The van der Waals surface area contributed by atoms with Crippen LogP contribution in [0.5, 0.6) is 0 Å². The van der Waals surface area contributed by atoms with Gasteiger partial charge in [0.2, 0.25) is 5.91 Å². The minimum absolute atomic E-state index is 0.00987. The Bertz CT molecular complexity index is 350. The minimum Gasteiger partial charge on any atom is -0.479 e. The van der Waals surface area contributed by atoms with Crippen LogP contribution in [0.3, 0.4) is 0 Å². The highest BCUT2D eigenvalue weighted by molar-refractivity contribution is 5.78. The highest BCUT2D eigenvalue weighted by atomic mass is 16.4. The molecule has 1 heterocycles. The summed E-state index contributed by atoms with van der Waals surface area (Å²) in [6.07, 6.45) is 0.247. The molecule has 7 heteroatoms. The van der Waals surface area contributed by atoms with Gasteiger partial charge in [0.25, 0.3) is 0 Å². The fourth-order valence-electron chi connectivity index (χ4n) is 1.09. The second-order valence-electron chi connectivity index (χ2n) is 3.25. The first-order valence-corrected chi connectivity index (χ1v) is 4.75. The number of aliphatic hydroxyl groups excluding tert-OH is 1. The van der Waals surface area contributed by atoms with Gasteiger partial charge in [0.1, 0.15) is 0 Å². The summed E-state index contributed by atoms with van der Waals surface area (Å²) in [5, 5.41) is 26.1. The maximum atomic E-state index is 11.3. The molecule has 1 aromatic heterocycles. The third-order valence-corrected chi connectivity index (χ3v) is 1.93. The largest absolute Gasteiger partial charge is 0.479 e. The lowest BCUT2D eigenvalue weighted by Crippen LogP contribution is -2.31. The van der Waals surface area contributed by atoms with Gasteiger partial charge in [0, 0.05) is 24.9 Å². The molecule has 0 radical (unpaired) electrons. The number of carbonyl (C=O) groups is 2. The molecule has 4 N–H and O–H groups in total. The van der Waals surface area contributed by atoms with Crippen LogP contribution in [0.1, 0.15) is 12.1 Å². The van der Waals surface area contributed by atoms with Crippen molar-refractivity contribution >= 4 is 11.9 Å². The minimum atomic E-state index is -1.44. The van der Waals surface area contributed by atoms with Gasteiger partial charge < -0.3 is 15.5 Å². The molecule has 0 saturated carbocycles. The molecule has 1 unspecified atom stereocenters. The van der Waals surface area contributed by atoms with Crippen molar-refractivity contribution in [2.24, 2.45) is 0 Å². The van der Waals surface area contributed by atoms with Crippen molar-refractivity contribution in [1.82, 2.24) is 15.5 Å². The van der Waals surface area contributed by atoms with E-state index in [1.165, 1.54) is 6.20 Å². The summed E-state index contributed by atoms with van der Waals surface area (Å²) < 4.78 is 0. The number of nitrogens with one attached hydrogen (secondary N) is 2. The molecule has 1 aromatic rings. The quantitative estimate of drug-likeness (QED) is 0.492. The Morgan fingerprint density at radius 1 is 1.56 bits per heavy atom. The summed E-state index contributed by atoms with van der Waals surface area (Å²) in [5.41, 5.74) is 0.677. The van der Waals surface area contributed by atoms with E-state index in [0.717, 1.165) is 0 Å². The Labute approximate surface area is 91.5 Å². The van der Waals surface area contributed by atoms with E-state index in [2.05, 4.69) is 15.5 Å². The van der Waals surface area contributed by atoms with E-state index in [1.807, 2.05) is 0 Å². The number of aliphatic carboxylic acids is 1. The Hall–Kier alpha value is -1.89. The number of aromatic amines is 1. The van der Waals surface area contributed by atoms with E-state index in [9.17, 15) is 9.59 Å². The van der Waals surface area contributed by atoms with Crippen molar-refractivity contribution in [3.63, 3.8) is 0 Å². The SMILES string of the molecule is O=C(Cc1ccn[nH]1)NCCC(O)C(=O)O. The summed E-state index contributed by atoms with van der Waals surface area (Å²) >= 11 is 0. The average Bonchev–Trinajstić information content (AvgIpc) is 2.70. The zero-order valence-electron chi connectivity index (χ0n) is 8.51. The van der Waals surface area contributed by atoms with Crippen LogP contribution in [0.4, 0.5) is 0 Å². The Morgan fingerprint density at radius 2 is 2.31 bits per heavy atom. The summed E-state index contributed by atoms with van der Waals surface area (Å²) in [6.45, 7) is 0.125. The second kappa shape index (κ2) is 5.86. The zero-order valence-corrected chi connectivity index (χ0v) is 8.51. The number of carbonyl (C=O) groups excluding carboxylic acids is 1. The maximum absolute atomic E-state index is 11.3. The summed E-state index contributed by atoms with van der Waals surface area (Å²) in [6, 6.07) is 1.67. The predicted octanol–water partition coefficient (Wildman–Crippen LogP) is -1.10. The van der Waals surface area contributed by atoms with Gasteiger partial charge >= 0.3 is 5.97 Å². The fraction of sp³-hybridized carbons (Fsp3) is 0.444. The van der Waals surface area contributed by atoms with Gasteiger partial charge in [-0.15, -0.1) is 0 Å². The van der Waals surface area contributed by atoms with Crippen LogP contribution in [-0.2, 0) is 16.0 Å². The van der Waals surface area contributed by atoms with E-state index in [-0.39, 0.29) is 25.3 Å². The van der Waals surface area contributed by atoms with Crippen molar-refractivity contribution in [3.05, 3.63) is 18.0 Å². The number of rotatable bonds is 6. The van der Waals surface area contributed by atoms with Gasteiger partial charge in [-0.1, -0.05) is 0 Å². The van der Waals surface area contributed by atoms with Crippen molar-refractivity contribution < 1.29 is 19.8 Å². The van der Waals surface area contributed by atoms with Gasteiger partial charge in [-0.3, -0.25) is 9.89 Å². The van der Waals surface area contributed by atoms with Crippen LogP contribution in [-0.4, -0.2) is 44.9 Å². The van der Waals surface area contributed by atoms with Crippen molar-refractivity contribution in [2.75, 3.05) is 6.54 Å². The van der Waals surface area contributed by atoms with Crippen LogP contribution in [0.2, 0.25) is 0 Å². The average molecular weight is 227 g/mol. The molecule has 0 aromatic carbocycles. The van der Waals surface area contributed by atoms with Crippen molar-refractivity contribution in [3.8, 4) is 0 Å². The molecule has 1 amide bonds. The van der Waals surface area contributed by atoms with Crippen LogP contribution in [0.15, 0.2) is 12.3 Å². The lowest BCUT2D eigenvalue weighted by atomic mass is 10.2. The fourth-order valence-corrected chi connectivity index (χ4v) is 1.09. The van der Waals surface area contributed by atoms with E-state index in [0.29, 0.717) is 5.69 Å². The molecule has 0 aliphatic carbocycles. The number of aliphatic hydroxyl groups is 1. The topological polar surface area (TPSA) is 115 Å². The lowest BCUT2D eigenvalue weighted by molar-refractivity contribution is -0.147. The Morgan fingerprint density at radius 3 is 2.88 bits per heavy atom. The van der Waals surface area contributed by atoms with Gasteiger partial charge in [0.05, 0.1) is 6.42 Å². The number of nitrogens with zero attached hydrogens (tertiary/aromatic N) is 1. The lowest BCUT2D eigenvalue weighted by Gasteiger charge is -2.06. The first kappa shape index (κ1) is 12.2. The molecule has 7 nitrogen and oxygen atoms in total. The van der Waals surface area contributed by atoms with E-state index in [4.69, 9.17) is 10.2 Å². The standard InChI is InChI=1S/C9H13N3O4/c13-7(9(15)16)2-3-10-8(14)5-6-1-4-11-12-6/h1,4,7,13H,2-3,5H2,(H,10,14)(H,11,12)(H,15,16). The molecule has 0 fully saturated rings. The monoisotopic (exact) mass is 227 g/mol. The van der Waals surface area contributed by atoms with Gasteiger partial charge in [-0.2, -0.15) is 5.10 Å². The summed E-state index contributed by atoms with van der Waals surface area (Å²) in [7, 11) is 0. The molecular weight excluding hydrogens is 214 g/mol. The molecular formula is C9H13N3O4. The molecule has 0 bridgehead atoms. The number of carboxylic acids is 1. The van der Waals surface area contributed by atoms with Crippen molar-refractivity contribution in [2.45, 2.75) is 18.9 Å². The first-order valence-electron chi connectivity index (χ1n) is 4.75. The van der Waals surface area contributed by atoms with Gasteiger partial charge in [-0.25, -0.2) is 4.79 Å². The number of hydrogen-bond donors (Lipinski definition) is 4. The highest BCUT2D eigenvalue weighted by Gasteiger charge is 2.12. The van der Waals surface area contributed by atoms with Crippen LogP contribution >= 0.6 is 0 Å².